The van der Waals surface area contributed by atoms with Crippen LogP contribution in [0.2, 0.25) is 5.02 Å². The van der Waals surface area contributed by atoms with Gasteiger partial charge in [-0.2, -0.15) is 5.10 Å². The van der Waals surface area contributed by atoms with Crippen molar-refractivity contribution in [1.82, 2.24) is 20.0 Å². The molecular weight excluding hydrogens is 462 g/mol. The molecule has 0 unspecified atom stereocenters. The van der Waals surface area contributed by atoms with E-state index in [0.29, 0.717) is 22.2 Å². The lowest BCUT2D eigenvalue weighted by Gasteiger charge is -2.32. The van der Waals surface area contributed by atoms with E-state index in [4.69, 9.17) is 17.3 Å². The molecule has 1 fully saturated rings. The van der Waals surface area contributed by atoms with Crippen LogP contribution in [-0.2, 0) is 6.54 Å². The van der Waals surface area contributed by atoms with E-state index in [-0.39, 0.29) is 6.03 Å². The average Bonchev–Trinajstić information content (AvgIpc) is 3.23. The number of nitrogen functional groups attached to an aromatic ring is 1. The van der Waals surface area contributed by atoms with Gasteiger partial charge in [0.1, 0.15) is 0 Å². The van der Waals surface area contributed by atoms with Gasteiger partial charge in [0.15, 0.2) is 5.82 Å². The topological polar surface area (TPSA) is 102 Å². The summed E-state index contributed by atoms with van der Waals surface area (Å²) < 4.78 is 0. The third kappa shape index (κ3) is 5.24. The van der Waals surface area contributed by atoms with Crippen LogP contribution in [0.1, 0.15) is 5.56 Å². The van der Waals surface area contributed by atoms with Gasteiger partial charge in [-0.3, -0.25) is 10.00 Å². The Morgan fingerprint density at radius 2 is 1.77 bits per heavy atom. The number of anilines is 3. The number of likely N-dealkylation sites (N-methyl/N-ethyl adjacent to an activating group) is 1. The minimum atomic E-state index is -0.338. The molecule has 0 bridgehead atoms. The summed E-state index contributed by atoms with van der Waals surface area (Å²) in [5, 5.41) is 14.6. The molecule has 180 valence electrons. The third-order valence-corrected chi connectivity index (χ3v) is 6.60. The summed E-state index contributed by atoms with van der Waals surface area (Å²) in [6.45, 7) is 5.09. The van der Waals surface area contributed by atoms with Crippen LogP contribution in [0.3, 0.4) is 0 Å². The molecule has 2 amide bonds. The van der Waals surface area contributed by atoms with Crippen molar-refractivity contribution in [3.63, 3.8) is 0 Å². The van der Waals surface area contributed by atoms with E-state index < -0.39 is 0 Å². The molecule has 3 aromatic carbocycles. The highest BCUT2D eigenvalue weighted by Gasteiger charge is 2.18. The zero-order valence-corrected chi connectivity index (χ0v) is 20.3. The van der Waals surface area contributed by atoms with Crippen molar-refractivity contribution < 1.29 is 4.79 Å². The maximum Gasteiger partial charge on any atom is 0.323 e. The average molecular weight is 490 g/mol. The van der Waals surface area contributed by atoms with E-state index in [0.717, 1.165) is 54.8 Å². The maximum absolute atomic E-state index is 12.4. The lowest BCUT2D eigenvalue weighted by molar-refractivity contribution is 0.148. The Morgan fingerprint density at radius 1 is 1.03 bits per heavy atom. The predicted octanol–water partition coefficient (Wildman–Crippen LogP) is 4.86. The summed E-state index contributed by atoms with van der Waals surface area (Å²) in [6, 6.07) is 18.6. The molecule has 4 aromatic rings. The van der Waals surface area contributed by atoms with Crippen molar-refractivity contribution >= 4 is 45.7 Å². The predicted molar refractivity (Wildman–Crippen MR) is 143 cm³/mol. The summed E-state index contributed by atoms with van der Waals surface area (Å²) in [4.78, 5) is 17.2. The Morgan fingerprint density at radius 3 is 2.51 bits per heavy atom. The van der Waals surface area contributed by atoms with E-state index in [1.54, 1.807) is 24.3 Å². The number of hydrogen-bond acceptors (Lipinski definition) is 5. The van der Waals surface area contributed by atoms with Crippen LogP contribution in [0.4, 0.5) is 22.0 Å². The summed E-state index contributed by atoms with van der Waals surface area (Å²) in [7, 11) is 2.16. The summed E-state index contributed by atoms with van der Waals surface area (Å²) in [5.41, 5.74) is 11.7. The molecule has 5 N–H and O–H groups in total. The quantitative estimate of drug-likeness (QED) is 0.321. The van der Waals surface area contributed by atoms with Crippen LogP contribution in [0.5, 0.6) is 0 Å². The maximum atomic E-state index is 12.4. The monoisotopic (exact) mass is 489 g/mol. The number of carbonyl (C=O) groups excluding carboxylic acids is 1. The number of nitrogens with one attached hydrogen (secondary N) is 3. The number of aromatic amines is 1. The second-order valence-electron chi connectivity index (χ2n) is 8.88. The number of nitrogens with zero attached hydrogens (tertiary/aromatic N) is 3. The van der Waals surface area contributed by atoms with Crippen molar-refractivity contribution in [3.05, 3.63) is 71.2 Å². The molecule has 35 heavy (non-hydrogen) atoms. The van der Waals surface area contributed by atoms with Gasteiger partial charge < -0.3 is 21.3 Å². The number of aromatic nitrogens is 2. The molecule has 1 saturated heterocycles. The molecule has 1 aliphatic heterocycles. The standard InChI is InChI=1S/C26H28ClN7O/c1-33-11-13-34(14-12-33)16-18-7-10-22(23-24(18)31-32-25(23)28)17-5-8-20(9-6-17)29-26(35)30-21-4-2-3-19(27)15-21/h2-10,15H,11-14,16H2,1H3,(H3,28,31,32)(H2,29,30,35). The molecule has 2 heterocycles. The van der Waals surface area contributed by atoms with Gasteiger partial charge in [0, 0.05) is 49.1 Å². The Bertz CT molecular complexity index is 1340. The normalized spacial score (nSPS) is 14.8. The zero-order chi connectivity index (χ0) is 24.4. The second-order valence-corrected chi connectivity index (χ2v) is 9.31. The first-order valence-corrected chi connectivity index (χ1v) is 11.9. The zero-order valence-electron chi connectivity index (χ0n) is 19.5. The number of nitrogens with two attached hydrogens (primary N) is 1. The summed E-state index contributed by atoms with van der Waals surface area (Å²) in [5.74, 6) is 0.485. The number of benzene rings is 3. The molecule has 9 heteroatoms. The van der Waals surface area contributed by atoms with Gasteiger partial charge in [0.05, 0.1) is 10.9 Å². The van der Waals surface area contributed by atoms with Crippen LogP contribution in [0.25, 0.3) is 22.0 Å². The highest BCUT2D eigenvalue weighted by molar-refractivity contribution is 6.30. The molecule has 0 atom stereocenters. The smallest absolute Gasteiger partial charge is 0.323 e. The number of fused-ring (bicyclic) bond motifs is 1. The van der Waals surface area contributed by atoms with E-state index in [2.05, 4.69) is 49.8 Å². The fraction of sp³-hybridized carbons (Fsp3) is 0.231. The van der Waals surface area contributed by atoms with Gasteiger partial charge in [-0.1, -0.05) is 41.9 Å². The Labute approximate surface area is 209 Å². The van der Waals surface area contributed by atoms with Crippen molar-refractivity contribution in [2.24, 2.45) is 0 Å². The lowest BCUT2D eigenvalue weighted by atomic mass is 9.98. The second kappa shape index (κ2) is 9.95. The molecule has 0 radical (unpaired) electrons. The van der Waals surface area contributed by atoms with Crippen molar-refractivity contribution in [2.75, 3.05) is 49.6 Å². The van der Waals surface area contributed by atoms with Gasteiger partial charge in [-0.25, -0.2) is 4.79 Å². The number of amides is 2. The number of hydrogen-bond donors (Lipinski definition) is 4. The van der Waals surface area contributed by atoms with Gasteiger partial charge in [-0.15, -0.1) is 0 Å². The Kier molecular flexibility index (Phi) is 6.59. The third-order valence-electron chi connectivity index (χ3n) is 6.36. The van der Waals surface area contributed by atoms with Gasteiger partial charge in [0.25, 0.3) is 0 Å². The molecule has 0 saturated carbocycles. The fourth-order valence-corrected chi connectivity index (χ4v) is 4.61. The van der Waals surface area contributed by atoms with Crippen LogP contribution < -0.4 is 16.4 Å². The fourth-order valence-electron chi connectivity index (χ4n) is 4.42. The molecule has 0 spiro atoms. The number of carbonyl (C=O) groups is 1. The van der Waals surface area contributed by atoms with E-state index in [9.17, 15) is 4.79 Å². The molecule has 5 rings (SSSR count). The first kappa shape index (κ1) is 23.2. The minimum Gasteiger partial charge on any atom is -0.382 e. The van der Waals surface area contributed by atoms with Crippen LogP contribution in [0, 0.1) is 0 Å². The van der Waals surface area contributed by atoms with Gasteiger partial charge in [-0.05, 0) is 54.1 Å². The van der Waals surface area contributed by atoms with Crippen LogP contribution >= 0.6 is 11.6 Å². The largest absolute Gasteiger partial charge is 0.382 e. The first-order valence-electron chi connectivity index (χ1n) is 11.6. The summed E-state index contributed by atoms with van der Waals surface area (Å²) >= 11 is 5.98. The van der Waals surface area contributed by atoms with Crippen molar-refractivity contribution in [2.45, 2.75) is 6.54 Å². The molecular formula is C26H28ClN7O. The molecule has 0 aliphatic carbocycles. The number of urea groups is 1. The van der Waals surface area contributed by atoms with Crippen molar-refractivity contribution in [3.8, 4) is 11.1 Å². The van der Waals surface area contributed by atoms with E-state index in [1.807, 2.05) is 24.3 Å². The van der Waals surface area contributed by atoms with E-state index in [1.165, 1.54) is 5.56 Å². The molecule has 8 nitrogen and oxygen atoms in total. The van der Waals surface area contributed by atoms with Crippen LogP contribution in [-0.4, -0.2) is 59.3 Å². The van der Waals surface area contributed by atoms with Gasteiger partial charge in [0.2, 0.25) is 0 Å². The minimum absolute atomic E-state index is 0.338. The Balaban J connectivity index is 1.33. The highest BCUT2D eigenvalue weighted by Crippen LogP contribution is 2.34. The number of rotatable bonds is 5. The van der Waals surface area contributed by atoms with Crippen molar-refractivity contribution in [1.29, 1.82) is 0 Å². The number of piperazine rings is 1. The number of H-pyrrole nitrogens is 1. The lowest BCUT2D eigenvalue weighted by Crippen LogP contribution is -2.43. The van der Waals surface area contributed by atoms with Gasteiger partial charge >= 0.3 is 6.03 Å². The Hall–Kier alpha value is -3.59. The number of halogens is 1. The van der Waals surface area contributed by atoms with E-state index >= 15 is 0 Å². The first-order chi connectivity index (χ1) is 17.0. The van der Waals surface area contributed by atoms with Crippen LogP contribution in [0.15, 0.2) is 60.7 Å². The highest BCUT2D eigenvalue weighted by atomic mass is 35.5. The summed E-state index contributed by atoms with van der Waals surface area (Å²) in [6.07, 6.45) is 0. The molecule has 1 aliphatic rings. The SMILES string of the molecule is CN1CCN(Cc2ccc(-c3ccc(NC(=O)Nc4cccc(Cl)c4)cc3)c3c(N)n[nH]c23)CC1. The molecule has 1 aromatic heterocycles.